The Labute approximate surface area is 222 Å². The maximum Gasteiger partial charge on any atom is 0.263 e. The first kappa shape index (κ1) is 25.1. The first-order valence-corrected chi connectivity index (χ1v) is 13.5. The zero-order valence-electron chi connectivity index (χ0n) is 21.6. The summed E-state index contributed by atoms with van der Waals surface area (Å²) in [5.74, 6) is 0.948. The average Bonchev–Trinajstić information content (AvgIpc) is 3.63. The van der Waals surface area contributed by atoms with Crippen LogP contribution >= 0.6 is 11.3 Å². The van der Waals surface area contributed by atoms with E-state index in [4.69, 9.17) is 9.47 Å². The summed E-state index contributed by atoms with van der Waals surface area (Å²) in [7, 11) is 3.26. The van der Waals surface area contributed by atoms with Gasteiger partial charge in [-0.2, -0.15) is 0 Å². The lowest BCUT2D eigenvalue weighted by molar-refractivity contribution is -0.135. The number of para-hydroxylation sites is 1. The Bertz CT molecular complexity index is 1250. The van der Waals surface area contributed by atoms with E-state index < -0.39 is 0 Å². The summed E-state index contributed by atoms with van der Waals surface area (Å²) in [5, 5.41) is 1.91. The average molecular weight is 520 g/mol. The van der Waals surface area contributed by atoms with E-state index in [9.17, 15) is 9.59 Å². The topological polar surface area (TPSA) is 62.3 Å². The summed E-state index contributed by atoms with van der Waals surface area (Å²) in [6.45, 7) is 5.85. The van der Waals surface area contributed by atoms with Crippen molar-refractivity contribution in [1.82, 2.24) is 9.80 Å². The summed E-state index contributed by atoms with van der Waals surface area (Å²) >= 11 is 1.43. The van der Waals surface area contributed by atoms with Crippen LogP contribution in [0.1, 0.15) is 26.7 Å². The number of hydrogen-bond acceptors (Lipinski definition) is 6. The largest absolute Gasteiger partial charge is 0.497 e. The lowest BCUT2D eigenvalue weighted by Gasteiger charge is -2.38. The molecule has 3 heterocycles. The first-order chi connectivity index (χ1) is 18.0. The Morgan fingerprint density at radius 3 is 2.35 bits per heavy atom. The van der Waals surface area contributed by atoms with Crippen molar-refractivity contribution in [2.45, 2.75) is 12.8 Å². The predicted molar refractivity (Wildman–Crippen MR) is 146 cm³/mol. The van der Waals surface area contributed by atoms with Gasteiger partial charge in [0.15, 0.2) is 0 Å². The molecule has 1 aromatic heterocycles. The Hall–Kier alpha value is -3.52. The van der Waals surface area contributed by atoms with Crippen molar-refractivity contribution >= 4 is 28.8 Å². The Morgan fingerprint density at radius 2 is 1.68 bits per heavy atom. The SMILES string of the molecule is COc1ccc(OC)c(C2CN(C(=O)c3cccs3)CC2C(=O)N2CCN(c3ccccc3C)CC2)c1. The van der Waals surface area contributed by atoms with Crippen molar-refractivity contribution in [2.24, 2.45) is 5.92 Å². The van der Waals surface area contributed by atoms with Crippen molar-refractivity contribution in [3.63, 3.8) is 0 Å². The highest BCUT2D eigenvalue weighted by Crippen LogP contribution is 2.41. The van der Waals surface area contributed by atoms with Crippen molar-refractivity contribution in [3.8, 4) is 11.5 Å². The zero-order valence-corrected chi connectivity index (χ0v) is 22.4. The number of aryl methyl sites for hydroxylation is 1. The molecule has 2 atom stereocenters. The van der Waals surface area contributed by atoms with E-state index in [1.54, 1.807) is 14.2 Å². The number of ether oxygens (including phenoxy) is 2. The highest BCUT2D eigenvalue weighted by atomic mass is 32.1. The van der Waals surface area contributed by atoms with E-state index in [1.165, 1.54) is 22.6 Å². The van der Waals surface area contributed by atoms with Gasteiger partial charge in [0.2, 0.25) is 5.91 Å². The van der Waals surface area contributed by atoms with Crippen LogP contribution in [0.4, 0.5) is 5.69 Å². The number of likely N-dealkylation sites (tertiary alicyclic amines) is 1. The van der Waals surface area contributed by atoms with Crippen LogP contribution in [0.15, 0.2) is 60.0 Å². The predicted octanol–water partition coefficient (Wildman–Crippen LogP) is 4.28. The number of thiophene rings is 1. The molecular weight excluding hydrogens is 486 g/mol. The van der Waals surface area contributed by atoms with Crippen LogP contribution in [0.3, 0.4) is 0 Å². The minimum atomic E-state index is -0.352. The molecule has 0 N–H and O–H groups in total. The summed E-state index contributed by atoms with van der Waals surface area (Å²) in [5.41, 5.74) is 3.37. The number of amides is 2. The van der Waals surface area contributed by atoms with E-state index >= 15 is 0 Å². The maximum absolute atomic E-state index is 14.0. The second kappa shape index (κ2) is 10.8. The molecule has 2 aliphatic rings. The lowest BCUT2D eigenvalue weighted by atomic mass is 9.87. The molecule has 37 heavy (non-hydrogen) atoms. The van der Waals surface area contributed by atoms with Gasteiger partial charge < -0.3 is 24.2 Å². The molecule has 0 spiro atoms. The molecule has 2 aromatic carbocycles. The van der Waals surface area contributed by atoms with Crippen molar-refractivity contribution in [2.75, 3.05) is 58.4 Å². The third-order valence-corrected chi connectivity index (χ3v) is 8.40. The quantitative estimate of drug-likeness (QED) is 0.487. The summed E-state index contributed by atoms with van der Waals surface area (Å²) in [6, 6.07) is 17.8. The minimum Gasteiger partial charge on any atom is -0.497 e. The monoisotopic (exact) mass is 519 g/mol. The molecule has 0 bridgehead atoms. The second-order valence-electron chi connectivity index (χ2n) is 9.61. The van der Waals surface area contributed by atoms with Crippen molar-refractivity contribution in [3.05, 3.63) is 76.0 Å². The van der Waals surface area contributed by atoms with Gasteiger partial charge in [0.1, 0.15) is 11.5 Å². The van der Waals surface area contributed by atoms with Gasteiger partial charge in [0.25, 0.3) is 5.91 Å². The molecule has 2 saturated heterocycles. The summed E-state index contributed by atoms with van der Waals surface area (Å²) < 4.78 is 11.2. The molecule has 2 fully saturated rings. The molecule has 8 heteroatoms. The maximum atomic E-state index is 14.0. The normalized spacial score (nSPS) is 19.7. The van der Waals surface area contributed by atoms with Crippen LogP contribution in [0.5, 0.6) is 11.5 Å². The Morgan fingerprint density at radius 1 is 0.892 bits per heavy atom. The molecule has 0 saturated carbocycles. The van der Waals surface area contributed by atoms with Gasteiger partial charge in [-0.15, -0.1) is 11.3 Å². The van der Waals surface area contributed by atoms with E-state index in [1.807, 2.05) is 45.5 Å². The fourth-order valence-corrected chi connectivity index (χ4v) is 6.23. The Kier molecular flexibility index (Phi) is 7.37. The minimum absolute atomic E-state index is 0.0264. The van der Waals surface area contributed by atoms with E-state index in [-0.39, 0.29) is 23.7 Å². The van der Waals surface area contributed by atoms with Gasteiger partial charge in [-0.3, -0.25) is 9.59 Å². The third kappa shape index (κ3) is 5.03. The number of anilines is 1. The van der Waals surface area contributed by atoms with Crippen molar-refractivity contribution in [1.29, 1.82) is 0 Å². The first-order valence-electron chi connectivity index (χ1n) is 12.6. The molecule has 0 radical (unpaired) electrons. The fraction of sp³-hybridized carbons (Fsp3) is 0.379. The number of piperazine rings is 1. The van der Waals surface area contributed by atoms with Crippen LogP contribution in [-0.4, -0.2) is 75.1 Å². The van der Waals surface area contributed by atoms with Crippen LogP contribution in [0.25, 0.3) is 0 Å². The standard InChI is InChI=1S/C29H33N3O4S/c1-20-7-4-5-8-25(20)30-12-14-31(15-13-30)28(33)24-19-32(29(34)27-9-6-16-37-27)18-23(24)22-17-21(35-2)10-11-26(22)36-3/h4-11,16-17,23-24H,12-15,18-19H2,1-3H3. The zero-order chi connectivity index (χ0) is 25.9. The number of benzene rings is 2. The molecule has 2 unspecified atom stereocenters. The van der Waals surface area contributed by atoms with Gasteiger partial charge in [0.05, 0.1) is 25.0 Å². The smallest absolute Gasteiger partial charge is 0.263 e. The van der Waals surface area contributed by atoms with Crippen LogP contribution in [0, 0.1) is 12.8 Å². The molecular formula is C29H33N3O4S. The molecule has 7 nitrogen and oxygen atoms in total. The number of hydrogen-bond donors (Lipinski definition) is 0. The molecule has 2 amide bonds. The number of carbonyl (C=O) groups is 2. The van der Waals surface area contributed by atoms with E-state index in [2.05, 4.69) is 36.1 Å². The van der Waals surface area contributed by atoms with Crippen LogP contribution in [0.2, 0.25) is 0 Å². The molecule has 2 aliphatic heterocycles. The molecule has 3 aromatic rings. The summed E-state index contributed by atoms with van der Waals surface area (Å²) in [4.78, 5) is 34.1. The van der Waals surface area contributed by atoms with Gasteiger partial charge in [-0.25, -0.2) is 0 Å². The fourth-order valence-electron chi connectivity index (χ4n) is 5.54. The van der Waals surface area contributed by atoms with E-state index in [0.29, 0.717) is 42.6 Å². The van der Waals surface area contributed by atoms with E-state index in [0.717, 1.165) is 18.7 Å². The highest BCUT2D eigenvalue weighted by Gasteiger charge is 2.44. The number of nitrogens with zero attached hydrogens (tertiary/aromatic N) is 3. The number of rotatable bonds is 6. The Balaban J connectivity index is 1.39. The number of carbonyl (C=O) groups excluding carboxylic acids is 2. The second-order valence-corrected chi connectivity index (χ2v) is 10.6. The van der Waals surface area contributed by atoms with Crippen LogP contribution in [-0.2, 0) is 4.79 Å². The molecule has 5 rings (SSSR count). The van der Waals surface area contributed by atoms with Gasteiger partial charge in [-0.05, 0) is 48.2 Å². The van der Waals surface area contributed by atoms with Gasteiger partial charge in [-0.1, -0.05) is 24.3 Å². The third-order valence-electron chi connectivity index (χ3n) is 7.54. The van der Waals surface area contributed by atoms with Crippen LogP contribution < -0.4 is 14.4 Å². The van der Waals surface area contributed by atoms with Gasteiger partial charge >= 0.3 is 0 Å². The lowest BCUT2D eigenvalue weighted by Crippen LogP contribution is -2.51. The molecule has 194 valence electrons. The highest BCUT2D eigenvalue weighted by molar-refractivity contribution is 7.12. The van der Waals surface area contributed by atoms with Gasteiger partial charge in [0, 0.05) is 56.4 Å². The molecule has 0 aliphatic carbocycles. The summed E-state index contributed by atoms with van der Waals surface area (Å²) in [6.07, 6.45) is 0. The van der Waals surface area contributed by atoms with Crippen molar-refractivity contribution < 1.29 is 19.1 Å². The number of methoxy groups -OCH3 is 2.